The van der Waals surface area contributed by atoms with Gasteiger partial charge in [0, 0.05) is 24.7 Å². The van der Waals surface area contributed by atoms with Gasteiger partial charge in [-0.2, -0.15) is 0 Å². The van der Waals surface area contributed by atoms with Gasteiger partial charge in [0.05, 0.1) is 5.69 Å². The van der Waals surface area contributed by atoms with Gasteiger partial charge in [0.15, 0.2) is 0 Å². The van der Waals surface area contributed by atoms with Gasteiger partial charge in [-0.25, -0.2) is 0 Å². The normalized spacial score (nSPS) is 14.6. The largest absolute Gasteiger partial charge is 0.344 e. The van der Waals surface area contributed by atoms with Gasteiger partial charge in [0.1, 0.15) is 0 Å². The summed E-state index contributed by atoms with van der Waals surface area (Å²) in [5.74, 6) is 0. The quantitative estimate of drug-likeness (QED) is 0.294. The number of hydrogen-bond donors (Lipinski definition) is 0. The van der Waals surface area contributed by atoms with Crippen molar-refractivity contribution in [1.29, 1.82) is 0 Å². The molecule has 3 aliphatic rings. The Morgan fingerprint density at radius 1 is 0.552 bits per heavy atom. The third kappa shape index (κ3) is 1.95. The molecule has 0 bridgehead atoms. The molecule has 138 valence electrons. The van der Waals surface area contributed by atoms with Crippen LogP contribution in [-0.2, 0) is 19.3 Å². The lowest BCUT2D eigenvalue weighted by Crippen LogP contribution is -2.20. The summed E-state index contributed by atoms with van der Waals surface area (Å²) in [6.45, 7) is 0. The van der Waals surface area contributed by atoms with Crippen LogP contribution in [0.3, 0.4) is 0 Å². The predicted octanol–water partition coefficient (Wildman–Crippen LogP) is 6.50. The molecule has 0 fully saturated rings. The van der Waals surface area contributed by atoms with Gasteiger partial charge in [0.2, 0.25) is 0 Å². The van der Waals surface area contributed by atoms with Crippen LogP contribution in [0, 0.1) is 0 Å². The third-order valence-electron chi connectivity index (χ3n) is 7.16. The maximum absolute atomic E-state index is 2.46. The number of nitrogens with zero attached hydrogens (tertiary/aromatic N) is 1. The summed E-state index contributed by atoms with van der Waals surface area (Å²) < 4.78 is 0. The van der Waals surface area contributed by atoms with E-state index in [1.165, 1.54) is 67.0 Å². The Morgan fingerprint density at radius 3 is 2.10 bits per heavy atom. The van der Waals surface area contributed by atoms with Crippen LogP contribution in [0.1, 0.15) is 33.4 Å². The monoisotopic (exact) mass is 371 g/mol. The van der Waals surface area contributed by atoms with Gasteiger partial charge >= 0.3 is 0 Å². The van der Waals surface area contributed by atoms with E-state index in [1.54, 1.807) is 0 Å². The van der Waals surface area contributed by atoms with E-state index in [4.69, 9.17) is 0 Å². The van der Waals surface area contributed by atoms with Crippen molar-refractivity contribution in [3.63, 3.8) is 0 Å². The summed E-state index contributed by atoms with van der Waals surface area (Å²) in [5.41, 5.74) is 17.4. The zero-order chi connectivity index (χ0) is 19.1. The Bertz CT molecular complexity index is 1340. The number of fused-ring (bicyclic) bond motifs is 10. The van der Waals surface area contributed by atoms with Crippen molar-refractivity contribution in [2.75, 3.05) is 11.9 Å². The smallest absolute Gasteiger partial charge is 0.0526 e. The molecule has 0 unspecified atom stereocenters. The van der Waals surface area contributed by atoms with Crippen molar-refractivity contribution in [1.82, 2.24) is 0 Å². The Balaban J connectivity index is 1.44. The summed E-state index contributed by atoms with van der Waals surface area (Å²) in [7, 11) is 2.26. The third-order valence-corrected chi connectivity index (χ3v) is 7.16. The molecule has 4 aromatic rings. The van der Waals surface area contributed by atoms with Crippen molar-refractivity contribution in [3.05, 3.63) is 106 Å². The zero-order valence-corrected chi connectivity index (χ0v) is 16.5. The highest BCUT2D eigenvalue weighted by molar-refractivity contribution is 5.94. The minimum Gasteiger partial charge on any atom is -0.344 e. The second kappa shape index (κ2) is 5.39. The maximum Gasteiger partial charge on any atom is 0.0526 e. The highest BCUT2D eigenvalue weighted by Crippen LogP contribution is 2.51. The van der Waals surface area contributed by atoms with E-state index >= 15 is 0 Å². The lowest BCUT2D eigenvalue weighted by molar-refractivity contribution is 1.03. The van der Waals surface area contributed by atoms with E-state index in [1.807, 2.05) is 0 Å². The van der Waals surface area contributed by atoms with E-state index in [2.05, 4.69) is 84.7 Å². The average Bonchev–Trinajstić information content (AvgIpc) is 3.32. The van der Waals surface area contributed by atoms with E-state index < -0.39 is 0 Å². The van der Waals surface area contributed by atoms with Gasteiger partial charge in [-0.05, 0) is 69.0 Å². The minimum absolute atomic E-state index is 1.03. The Labute approximate surface area is 171 Å². The molecule has 0 aromatic heterocycles. The molecule has 7 rings (SSSR count). The van der Waals surface area contributed by atoms with Crippen LogP contribution in [0.25, 0.3) is 22.3 Å². The lowest BCUT2D eigenvalue weighted by Gasteiger charge is -2.33. The Kier molecular flexibility index (Phi) is 2.90. The lowest BCUT2D eigenvalue weighted by atomic mass is 9.87. The van der Waals surface area contributed by atoms with E-state index in [9.17, 15) is 0 Å². The summed E-state index contributed by atoms with van der Waals surface area (Å²) in [5, 5.41) is 0. The minimum atomic E-state index is 1.03. The first-order valence-electron chi connectivity index (χ1n) is 10.5. The van der Waals surface area contributed by atoms with Gasteiger partial charge in [-0.1, -0.05) is 66.7 Å². The molecule has 1 heteroatoms. The van der Waals surface area contributed by atoms with Crippen LogP contribution < -0.4 is 4.90 Å². The fourth-order valence-corrected chi connectivity index (χ4v) is 5.86. The number of rotatable bonds is 0. The number of benzene rings is 4. The molecule has 1 heterocycles. The van der Waals surface area contributed by atoms with Crippen molar-refractivity contribution in [2.45, 2.75) is 19.3 Å². The molecule has 0 N–H and O–H groups in total. The molecular weight excluding hydrogens is 350 g/mol. The van der Waals surface area contributed by atoms with Crippen molar-refractivity contribution in [3.8, 4) is 22.3 Å². The molecule has 0 spiro atoms. The highest BCUT2D eigenvalue weighted by Gasteiger charge is 2.32. The fraction of sp³-hybridized carbons (Fsp3) is 0.143. The first-order chi connectivity index (χ1) is 14.3. The van der Waals surface area contributed by atoms with Crippen LogP contribution in [0.4, 0.5) is 11.4 Å². The SMILES string of the molecule is CN1c2ccc3c(c2Cc2ccc4c(c21)-c1ccccc1C4)Cc1ccccc1-3. The van der Waals surface area contributed by atoms with E-state index in [-0.39, 0.29) is 0 Å². The first kappa shape index (κ1) is 15.6. The van der Waals surface area contributed by atoms with Crippen LogP contribution in [0.15, 0.2) is 72.8 Å². The molecule has 1 aliphatic heterocycles. The molecule has 0 radical (unpaired) electrons. The fourth-order valence-electron chi connectivity index (χ4n) is 5.86. The second-order valence-corrected chi connectivity index (χ2v) is 8.60. The van der Waals surface area contributed by atoms with Crippen LogP contribution in [0.5, 0.6) is 0 Å². The topological polar surface area (TPSA) is 3.24 Å². The molecule has 1 nitrogen and oxygen atoms in total. The molecular formula is C28H21N. The van der Waals surface area contributed by atoms with Crippen molar-refractivity contribution < 1.29 is 0 Å². The molecule has 0 amide bonds. The molecule has 29 heavy (non-hydrogen) atoms. The maximum atomic E-state index is 2.46. The van der Waals surface area contributed by atoms with Crippen molar-refractivity contribution >= 4 is 11.4 Å². The Morgan fingerprint density at radius 2 is 1.24 bits per heavy atom. The summed E-state index contributed by atoms with van der Waals surface area (Å²) >= 11 is 0. The average molecular weight is 371 g/mol. The predicted molar refractivity (Wildman–Crippen MR) is 120 cm³/mol. The first-order valence-corrected chi connectivity index (χ1v) is 10.5. The summed E-state index contributed by atoms with van der Waals surface area (Å²) in [6, 6.07) is 27.2. The van der Waals surface area contributed by atoms with Crippen LogP contribution in [-0.4, -0.2) is 7.05 Å². The highest BCUT2D eigenvalue weighted by atomic mass is 15.1. The number of anilines is 2. The number of hydrogen-bond acceptors (Lipinski definition) is 1. The molecule has 4 aromatic carbocycles. The summed E-state index contributed by atoms with van der Waals surface area (Å²) in [4.78, 5) is 2.46. The standard InChI is InChI=1S/C28H21N/c1-29-26-13-12-23-21-8-4-2-7-18(21)15-24(23)25(26)16-20-11-10-19-14-17-6-3-5-9-22(17)27(19)28(20)29/h2-13H,14-16H2,1H3. The van der Waals surface area contributed by atoms with Gasteiger partial charge in [-0.15, -0.1) is 0 Å². The van der Waals surface area contributed by atoms with Gasteiger partial charge in [-0.3, -0.25) is 0 Å². The van der Waals surface area contributed by atoms with E-state index in [0.29, 0.717) is 0 Å². The molecule has 2 aliphatic carbocycles. The van der Waals surface area contributed by atoms with Crippen molar-refractivity contribution in [2.24, 2.45) is 0 Å². The molecule has 0 atom stereocenters. The molecule has 0 saturated heterocycles. The van der Waals surface area contributed by atoms with Crippen LogP contribution >= 0.6 is 0 Å². The van der Waals surface area contributed by atoms with Gasteiger partial charge in [0.25, 0.3) is 0 Å². The molecule has 0 saturated carbocycles. The summed E-state index contributed by atoms with van der Waals surface area (Å²) in [6.07, 6.45) is 3.15. The van der Waals surface area contributed by atoms with Crippen LogP contribution in [0.2, 0.25) is 0 Å². The zero-order valence-electron chi connectivity index (χ0n) is 16.5. The van der Waals surface area contributed by atoms with Gasteiger partial charge < -0.3 is 4.90 Å². The van der Waals surface area contributed by atoms with E-state index in [0.717, 1.165) is 19.3 Å². The Hall–Kier alpha value is -3.32. The second-order valence-electron chi connectivity index (χ2n) is 8.60.